The van der Waals surface area contributed by atoms with Crippen LogP contribution in [0.5, 0.6) is 0 Å². The van der Waals surface area contributed by atoms with E-state index in [2.05, 4.69) is 9.80 Å². The molecule has 0 amide bonds. The van der Waals surface area contributed by atoms with Crippen LogP contribution in [0.25, 0.3) is 0 Å². The molecule has 0 aromatic carbocycles. The molecule has 4 heteroatoms. The molecule has 0 aromatic heterocycles. The van der Waals surface area contributed by atoms with Crippen LogP contribution >= 0.6 is 0 Å². The second-order valence-electron chi connectivity index (χ2n) is 6.72. The number of ether oxygens (including phenoxy) is 1. The summed E-state index contributed by atoms with van der Waals surface area (Å²) in [7, 11) is 0. The van der Waals surface area contributed by atoms with Gasteiger partial charge in [-0.15, -0.1) is 0 Å². The van der Waals surface area contributed by atoms with Gasteiger partial charge in [-0.05, 0) is 44.7 Å². The minimum Gasteiger partial charge on any atom is -0.372 e. The first-order valence-corrected chi connectivity index (χ1v) is 7.63. The van der Waals surface area contributed by atoms with Crippen molar-refractivity contribution in [1.82, 2.24) is 9.80 Å². The molecule has 5 heterocycles. The lowest BCUT2D eigenvalue weighted by Gasteiger charge is -2.59. The van der Waals surface area contributed by atoms with Gasteiger partial charge >= 0.3 is 0 Å². The van der Waals surface area contributed by atoms with Crippen LogP contribution in [0.3, 0.4) is 0 Å². The predicted molar refractivity (Wildman–Crippen MR) is 70.4 cm³/mol. The maximum absolute atomic E-state index is 6.26. The summed E-state index contributed by atoms with van der Waals surface area (Å²) in [6.07, 6.45) is 6.20. The molecular formula is C14H25N3O. The number of likely N-dealkylation sites (tertiary alicyclic amines) is 1. The van der Waals surface area contributed by atoms with E-state index in [1.165, 1.54) is 45.3 Å². The van der Waals surface area contributed by atoms with Gasteiger partial charge in [0.25, 0.3) is 0 Å². The lowest BCUT2D eigenvalue weighted by molar-refractivity contribution is -0.128. The molecular weight excluding hydrogens is 226 g/mol. The molecule has 4 nitrogen and oxygen atoms in total. The molecule has 2 N–H and O–H groups in total. The van der Waals surface area contributed by atoms with Crippen molar-refractivity contribution in [2.75, 3.05) is 39.3 Å². The predicted octanol–water partition coefficient (Wildman–Crippen LogP) is 0.273. The molecule has 3 unspecified atom stereocenters. The Bertz CT molecular complexity index is 317. The Kier molecular flexibility index (Phi) is 2.70. The highest BCUT2D eigenvalue weighted by molar-refractivity contribution is 5.08. The third-order valence-corrected chi connectivity index (χ3v) is 5.87. The fourth-order valence-corrected chi connectivity index (χ4v) is 4.84. The molecule has 5 fully saturated rings. The summed E-state index contributed by atoms with van der Waals surface area (Å²) in [4.78, 5) is 5.35. The summed E-state index contributed by atoms with van der Waals surface area (Å²) < 4.78 is 5.99. The first-order valence-electron chi connectivity index (χ1n) is 7.63. The number of rotatable bonds is 2. The van der Waals surface area contributed by atoms with E-state index in [4.69, 9.17) is 10.5 Å². The van der Waals surface area contributed by atoms with Gasteiger partial charge < -0.3 is 15.4 Å². The summed E-state index contributed by atoms with van der Waals surface area (Å²) in [6.45, 7) is 6.87. The van der Waals surface area contributed by atoms with Gasteiger partial charge in [-0.1, -0.05) is 0 Å². The zero-order valence-corrected chi connectivity index (χ0v) is 11.2. The Morgan fingerprint density at radius 2 is 1.72 bits per heavy atom. The minimum absolute atomic E-state index is 0.265. The number of hydrogen-bond acceptors (Lipinski definition) is 4. The summed E-state index contributed by atoms with van der Waals surface area (Å²) in [5.74, 6) is 0.824. The standard InChI is InChI=1S/C14H25N3O/c15-9-14(10-16-5-3-11(14)4-6-16)17-7-12-1-2-13(8-17)18-12/h11-13H,1-10,15H2. The minimum atomic E-state index is 0.265. The van der Waals surface area contributed by atoms with Gasteiger partial charge in [0.2, 0.25) is 0 Å². The number of hydrogen-bond donors (Lipinski definition) is 1. The Morgan fingerprint density at radius 1 is 1.06 bits per heavy atom. The first-order chi connectivity index (χ1) is 8.80. The van der Waals surface area contributed by atoms with E-state index in [9.17, 15) is 0 Å². The quantitative estimate of drug-likeness (QED) is 0.765. The highest BCUT2D eigenvalue weighted by atomic mass is 16.5. The number of fused-ring (bicyclic) bond motifs is 5. The smallest absolute Gasteiger partial charge is 0.0707 e. The van der Waals surface area contributed by atoms with Crippen molar-refractivity contribution >= 4 is 0 Å². The van der Waals surface area contributed by atoms with E-state index < -0.39 is 0 Å². The average molecular weight is 251 g/mol. The van der Waals surface area contributed by atoms with Gasteiger partial charge in [0, 0.05) is 31.7 Å². The molecule has 102 valence electrons. The van der Waals surface area contributed by atoms with Crippen LogP contribution in [0, 0.1) is 5.92 Å². The number of nitrogens with zero attached hydrogens (tertiary/aromatic N) is 2. The van der Waals surface area contributed by atoms with Crippen LogP contribution < -0.4 is 5.73 Å². The van der Waals surface area contributed by atoms with Crippen molar-refractivity contribution < 1.29 is 4.74 Å². The highest BCUT2D eigenvalue weighted by Crippen LogP contribution is 2.42. The molecule has 5 rings (SSSR count). The molecule has 5 saturated heterocycles. The van der Waals surface area contributed by atoms with Crippen LogP contribution in [-0.4, -0.2) is 66.8 Å². The Balaban J connectivity index is 1.60. The Hall–Kier alpha value is -0.160. The highest BCUT2D eigenvalue weighted by Gasteiger charge is 2.52. The number of piperidine rings is 3. The van der Waals surface area contributed by atoms with E-state index in [0.717, 1.165) is 25.6 Å². The lowest BCUT2D eigenvalue weighted by atomic mass is 9.71. The van der Waals surface area contributed by atoms with Gasteiger partial charge in [0.05, 0.1) is 12.2 Å². The van der Waals surface area contributed by atoms with Crippen molar-refractivity contribution in [3.63, 3.8) is 0 Å². The Morgan fingerprint density at radius 3 is 2.22 bits per heavy atom. The fourth-order valence-electron chi connectivity index (χ4n) is 4.84. The molecule has 3 atom stereocenters. The van der Waals surface area contributed by atoms with Crippen LogP contribution in [0.15, 0.2) is 0 Å². The SMILES string of the molecule is NCC1(N2CC3CCC(C2)O3)CN2CCC1CC2. The van der Waals surface area contributed by atoms with Crippen LogP contribution in [-0.2, 0) is 4.74 Å². The first kappa shape index (κ1) is 11.6. The van der Waals surface area contributed by atoms with Crippen molar-refractivity contribution in [2.45, 2.75) is 43.4 Å². The molecule has 0 radical (unpaired) electrons. The zero-order valence-electron chi connectivity index (χ0n) is 11.2. The third-order valence-electron chi connectivity index (χ3n) is 5.87. The van der Waals surface area contributed by atoms with Gasteiger partial charge in [0.15, 0.2) is 0 Å². The summed E-state index contributed by atoms with van der Waals surface area (Å²) in [6, 6.07) is 0. The molecule has 0 spiro atoms. The van der Waals surface area contributed by atoms with E-state index in [-0.39, 0.29) is 5.54 Å². The monoisotopic (exact) mass is 251 g/mol. The van der Waals surface area contributed by atoms with Crippen molar-refractivity contribution in [1.29, 1.82) is 0 Å². The maximum Gasteiger partial charge on any atom is 0.0707 e. The van der Waals surface area contributed by atoms with Gasteiger partial charge in [-0.25, -0.2) is 0 Å². The lowest BCUT2D eigenvalue weighted by Crippen LogP contribution is -2.72. The molecule has 4 bridgehead atoms. The topological polar surface area (TPSA) is 41.7 Å². The van der Waals surface area contributed by atoms with E-state index >= 15 is 0 Å². The van der Waals surface area contributed by atoms with E-state index in [0.29, 0.717) is 12.2 Å². The summed E-state index contributed by atoms with van der Waals surface area (Å²) in [5.41, 5.74) is 6.52. The van der Waals surface area contributed by atoms with Crippen LogP contribution in [0.2, 0.25) is 0 Å². The van der Waals surface area contributed by atoms with Crippen molar-refractivity contribution in [2.24, 2.45) is 11.7 Å². The van der Waals surface area contributed by atoms with Crippen LogP contribution in [0.4, 0.5) is 0 Å². The van der Waals surface area contributed by atoms with Crippen molar-refractivity contribution in [3.8, 4) is 0 Å². The summed E-state index contributed by atoms with van der Waals surface area (Å²) >= 11 is 0. The van der Waals surface area contributed by atoms with Gasteiger partial charge in [0.1, 0.15) is 0 Å². The van der Waals surface area contributed by atoms with Gasteiger partial charge in [-0.3, -0.25) is 4.90 Å². The average Bonchev–Trinajstić information content (AvgIpc) is 2.78. The molecule has 18 heavy (non-hydrogen) atoms. The largest absolute Gasteiger partial charge is 0.372 e. The number of nitrogens with two attached hydrogens (primary N) is 1. The molecule has 5 aliphatic heterocycles. The number of morpholine rings is 1. The third kappa shape index (κ3) is 1.59. The second kappa shape index (κ2) is 4.17. The maximum atomic E-state index is 6.26. The van der Waals surface area contributed by atoms with E-state index in [1.54, 1.807) is 0 Å². The molecule has 0 aliphatic carbocycles. The second-order valence-corrected chi connectivity index (χ2v) is 6.72. The van der Waals surface area contributed by atoms with Gasteiger partial charge in [-0.2, -0.15) is 0 Å². The van der Waals surface area contributed by atoms with Crippen LogP contribution in [0.1, 0.15) is 25.7 Å². The summed E-state index contributed by atoms with van der Waals surface area (Å²) in [5, 5.41) is 0. The fraction of sp³-hybridized carbons (Fsp3) is 1.00. The normalized spacial score (nSPS) is 51.8. The van der Waals surface area contributed by atoms with Crippen molar-refractivity contribution in [3.05, 3.63) is 0 Å². The molecule has 0 aromatic rings. The molecule has 5 aliphatic rings. The Labute approximate surface area is 109 Å². The van der Waals surface area contributed by atoms with E-state index in [1.807, 2.05) is 0 Å². The zero-order chi connectivity index (χ0) is 12.2. The molecule has 0 saturated carbocycles.